The van der Waals surface area contributed by atoms with E-state index in [-0.39, 0.29) is 6.42 Å². The van der Waals surface area contributed by atoms with Crippen molar-refractivity contribution in [1.29, 1.82) is 0 Å². The molecule has 2 atom stereocenters. The van der Waals surface area contributed by atoms with Crippen LogP contribution in [0.1, 0.15) is 13.3 Å². The van der Waals surface area contributed by atoms with Crippen molar-refractivity contribution in [1.82, 2.24) is 0 Å². The molecule has 0 bridgehead atoms. The van der Waals surface area contributed by atoms with Gasteiger partial charge in [0.2, 0.25) is 0 Å². The van der Waals surface area contributed by atoms with Crippen molar-refractivity contribution >= 4 is 8.80 Å². The van der Waals surface area contributed by atoms with E-state index in [1.54, 1.807) is 0 Å². The summed E-state index contributed by atoms with van der Waals surface area (Å²) in [6.07, 6.45) is -8.40. The van der Waals surface area contributed by atoms with E-state index in [9.17, 15) is 17.6 Å². The molecule has 4 nitrogen and oxygen atoms in total. The van der Waals surface area contributed by atoms with Gasteiger partial charge in [0, 0.05) is 21.3 Å². The Morgan fingerprint density at radius 3 is 1.71 bits per heavy atom. The third kappa shape index (κ3) is 4.18. The summed E-state index contributed by atoms with van der Waals surface area (Å²) in [6.45, 7) is 1.52. The summed E-state index contributed by atoms with van der Waals surface area (Å²) < 4.78 is 68.0. The van der Waals surface area contributed by atoms with Crippen molar-refractivity contribution in [2.45, 2.75) is 31.6 Å². The molecule has 104 valence electrons. The monoisotopic (exact) mass is 280 g/mol. The van der Waals surface area contributed by atoms with Crippen molar-refractivity contribution in [2.24, 2.45) is 0 Å². The van der Waals surface area contributed by atoms with Gasteiger partial charge in [-0.25, -0.2) is 4.39 Å². The van der Waals surface area contributed by atoms with Gasteiger partial charge in [-0.2, -0.15) is 13.2 Å². The Bertz CT molecular complexity index is 214. The lowest BCUT2D eigenvalue weighted by molar-refractivity contribution is -0.274. The first-order valence-corrected chi connectivity index (χ1v) is 6.59. The number of alkyl halides is 4. The number of halogens is 4. The van der Waals surface area contributed by atoms with Crippen molar-refractivity contribution in [3.05, 3.63) is 0 Å². The lowest BCUT2D eigenvalue weighted by Gasteiger charge is -2.32. The highest BCUT2D eigenvalue weighted by atomic mass is 28.4. The van der Waals surface area contributed by atoms with Gasteiger partial charge in [0.1, 0.15) is 5.73 Å². The minimum absolute atomic E-state index is 0.0677. The molecule has 0 amide bonds. The summed E-state index contributed by atoms with van der Waals surface area (Å²) in [4.78, 5) is 0. The topological polar surface area (TPSA) is 36.9 Å². The minimum atomic E-state index is -5.08. The third-order valence-electron chi connectivity index (χ3n) is 2.16. The Hall–Kier alpha value is -0.223. The van der Waals surface area contributed by atoms with Gasteiger partial charge in [0.05, 0.1) is 0 Å². The fraction of sp³-hybridized carbons (Fsp3) is 1.00. The summed E-state index contributed by atoms with van der Waals surface area (Å²) in [5.41, 5.74) is -1.22. The van der Waals surface area contributed by atoms with Crippen LogP contribution >= 0.6 is 0 Å². The fourth-order valence-electron chi connectivity index (χ4n) is 1.30. The van der Waals surface area contributed by atoms with Crippen LogP contribution in [-0.2, 0) is 18.0 Å². The van der Waals surface area contributed by atoms with E-state index in [1.165, 1.54) is 28.3 Å². The molecule has 9 heteroatoms. The fourth-order valence-corrected chi connectivity index (χ4v) is 3.37. The van der Waals surface area contributed by atoms with E-state index in [4.69, 9.17) is 13.3 Å². The molecule has 0 fully saturated rings. The lowest BCUT2D eigenvalue weighted by atomic mass is 10.5. The molecule has 0 aliphatic heterocycles. The van der Waals surface area contributed by atoms with Crippen molar-refractivity contribution in [2.75, 3.05) is 21.3 Å². The molecular formula is C8H16F4O4Si. The van der Waals surface area contributed by atoms with Crippen LogP contribution in [0.25, 0.3) is 0 Å². The second kappa shape index (κ2) is 6.64. The van der Waals surface area contributed by atoms with Gasteiger partial charge >= 0.3 is 15.0 Å². The zero-order valence-corrected chi connectivity index (χ0v) is 11.0. The number of rotatable bonds is 7. The average molecular weight is 280 g/mol. The summed E-state index contributed by atoms with van der Waals surface area (Å²) in [7, 11) is 0.192. The van der Waals surface area contributed by atoms with E-state index < -0.39 is 27.1 Å². The molecule has 0 N–H and O–H groups in total. The molecule has 0 radical (unpaired) electrons. The predicted molar refractivity (Wildman–Crippen MR) is 52.9 cm³/mol. The molecule has 0 aromatic rings. The van der Waals surface area contributed by atoms with Gasteiger partial charge in [0.15, 0.2) is 0 Å². The maximum Gasteiger partial charge on any atom is 0.530 e. The van der Waals surface area contributed by atoms with E-state index in [0.717, 1.165) is 0 Å². The first-order chi connectivity index (χ1) is 7.77. The van der Waals surface area contributed by atoms with Crippen molar-refractivity contribution in [3.8, 4) is 0 Å². The van der Waals surface area contributed by atoms with Crippen LogP contribution in [0.2, 0.25) is 0 Å². The van der Waals surface area contributed by atoms with E-state index in [1.807, 2.05) is 0 Å². The van der Waals surface area contributed by atoms with Gasteiger partial charge in [-0.15, -0.1) is 0 Å². The van der Waals surface area contributed by atoms with E-state index in [0.29, 0.717) is 0 Å². The number of ether oxygens (including phenoxy) is 1. The molecule has 0 heterocycles. The van der Waals surface area contributed by atoms with Crippen LogP contribution in [0.4, 0.5) is 17.6 Å². The summed E-state index contributed by atoms with van der Waals surface area (Å²) in [5.74, 6) is 0. The smallest absolute Gasteiger partial charge is 0.375 e. The second-order valence-electron chi connectivity index (χ2n) is 3.11. The molecule has 0 aromatic carbocycles. The first-order valence-electron chi connectivity index (χ1n) is 4.79. The highest BCUT2D eigenvalue weighted by Gasteiger charge is 2.52. The van der Waals surface area contributed by atoms with Gasteiger partial charge in [0.25, 0.3) is 6.36 Å². The molecule has 0 aliphatic carbocycles. The molecule has 17 heavy (non-hydrogen) atoms. The summed E-state index contributed by atoms with van der Waals surface area (Å²) in [5, 5.41) is 0. The van der Waals surface area contributed by atoms with Gasteiger partial charge in [-0.05, 0) is 6.42 Å². The molecule has 0 aromatic heterocycles. The third-order valence-corrected chi connectivity index (χ3v) is 5.20. The standard InChI is InChI=1S/C8H16F4O4Si/c1-5-6(16-7(9)8(10,11)12)17(13-2,14-3)15-4/h6-7H,5H2,1-4H3. The highest BCUT2D eigenvalue weighted by Crippen LogP contribution is 2.28. The molecule has 0 saturated heterocycles. The number of hydrogen-bond donors (Lipinski definition) is 0. The zero-order valence-electron chi connectivity index (χ0n) is 10.0. The number of hydrogen-bond acceptors (Lipinski definition) is 4. The molecule has 0 spiro atoms. The van der Waals surface area contributed by atoms with Gasteiger partial charge < -0.3 is 18.0 Å². The summed E-state index contributed by atoms with van der Waals surface area (Å²) in [6, 6.07) is 0. The van der Waals surface area contributed by atoms with Crippen LogP contribution < -0.4 is 0 Å². The SMILES string of the molecule is CCC(OC(F)C(F)(F)F)[Si](OC)(OC)OC. The molecule has 0 aliphatic rings. The molecule has 0 saturated carbocycles. The second-order valence-corrected chi connectivity index (χ2v) is 6.18. The quantitative estimate of drug-likeness (QED) is 0.528. The predicted octanol–water partition coefficient (Wildman–Crippen LogP) is 2.06. The van der Waals surface area contributed by atoms with Crippen LogP contribution in [0, 0.1) is 0 Å². The van der Waals surface area contributed by atoms with Gasteiger partial charge in [-0.3, -0.25) is 0 Å². The van der Waals surface area contributed by atoms with Crippen LogP contribution in [0.5, 0.6) is 0 Å². The Labute approximate surface area is 98.2 Å². The van der Waals surface area contributed by atoms with E-state index in [2.05, 4.69) is 4.74 Å². The van der Waals surface area contributed by atoms with Crippen LogP contribution in [-0.4, -0.2) is 48.4 Å². The first kappa shape index (κ1) is 16.8. The highest BCUT2D eigenvalue weighted by molar-refractivity contribution is 6.62. The van der Waals surface area contributed by atoms with E-state index >= 15 is 0 Å². The maximum atomic E-state index is 12.8. The Morgan fingerprint density at radius 1 is 1.06 bits per heavy atom. The largest absolute Gasteiger partial charge is 0.530 e. The van der Waals surface area contributed by atoms with Crippen LogP contribution in [0.15, 0.2) is 0 Å². The normalized spacial score (nSPS) is 16.9. The Morgan fingerprint density at radius 2 is 1.47 bits per heavy atom. The molecule has 0 rings (SSSR count). The zero-order chi connectivity index (χ0) is 13.7. The van der Waals surface area contributed by atoms with Crippen molar-refractivity contribution < 1.29 is 35.6 Å². The summed E-state index contributed by atoms with van der Waals surface area (Å²) >= 11 is 0. The van der Waals surface area contributed by atoms with Gasteiger partial charge in [-0.1, -0.05) is 6.92 Å². The lowest BCUT2D eigenvalue weighted by Crippen LogP contribution is -2.56. The maximum absolute atomic E-state index is 12.8. The molecular weight excluding hydrogens is 264 g/mol. The Kier molecular flexibility index (Phi) is 6.55. The van der Waals surface area contributed by atoms with Crippen molar-refractivity contribution in [3.63, 3.8) is 0 Å². The molecule has 2 unspecified atom stereocenters. The minimum Gasteiger partial charge on any atom is -0.375 e. The van der Waals surface area contributed by atoms with Crippen LogP contribution in [0.3, 0.4) is 0 Å². The average Bonchev–Trinajstić information content (AvgIpc) is 2.28. The Balaban J connectivity index is 4.82.